The normalized spacial score (nSPS) is 19.3. The number of pyridine rings is 2. The van der Waals surface area contributed by atoms with Gasteiger partial charge in [0.1, 0.15) is 0 Å². The molecular weight excluding hydrogens is 358 g/mol. The molecular formula is C20H21N5OS. The van der Waals surface area contributed by atoms with E-state index in [4.69, 9.17) is 12.2 Å². The van der Waals surface area contributed by atoms with E-state index in [-0.39, 0.29) is 18.7 Å². The lowest BCUT2D eigenvalue weighted by molar-refractivity contribution is 0.220. The van der Waals surface area contributed by atoms with Crippen LogP contribution in [-0.4, -0.2) is 42.8 Å². The lowest BCUT2D eigenvalue weighted by Gasteiger charge is -2.28. The van der Waals surface area contributed by atoms with E-state index < -0.39 is 0 Å². The molecule has 1 fully saturated rings. The van der Waals surface area contributed by atoms with E-state index in [0.29, 0.717) is 11.7 Å². The van der Waals surface area contributed by atoms with Crippen molar-refractivity contribution in [2.75, 3.05) is 13.2 Å². The second kappa shape index (κ2) is 7.46. The fourth-order valence-corrected chi connectivity index (χ4v) is 4.04. The molecule has 0 unspecified atom stereocenters. The maximum Gasteiger partial charge on any atom is 0.170 e. The Morgan fingerprint density at radius 1 is 1.15 bits per heavy atom. The number of aliphatic hydroxyl groups is 1. The smallest absolute Gasteiger partial charge is 0.170 e. The summed E-state index contributed by atoms with van der Waals surface area (Å²) in [7, 11) is 0. The van der Waals surface area contributed by atoms with E-state index in [0.717, 1.165) is 22.8 Å². The summed E-state index contributed by atoms with van der Waals surface area (Å²) < 4.78 is 2.19. The number of thiocarbonyl (C=S) groups is 1. The van der Waals surface area contributed by atoms with Crippen LogP contribution < -0.4 is 5.32 Å². The summed E-state index contributed by atoms with van der Waals surface area (Å²) >= 11 is 5.58. The topological polar surface area (TPSA) is 66.2 Å². The van der Waals surface area contributed by atoms with Crippen LogP contribution in [0.1, 0.15) is 29.2 Å². The Balaban J connectivity index is 1.85. The molecule has 0 bridgehead atoms. The predicted octanol–water partition coefficient (Wildman–Crippen LogP) is 2.54. The number of nitrogens with zero attached hydrogens (tertiary/aromatic N) is 4. The van der Waals surface area contributed by atoms with Crippen LogP contribution in [0.25, 0.3) is 5.69 Å². The van der Waals surface area contributed by atoms with E-state index >= 15 is 0 Å². The standard InChI is InChI=1S/C20H21N5OS/c1-14-7-8-17(25(14)15-5-4-9-21-13-15)19-18(16-6-2-3-10-22-16)23-20(27)24(19)11-12-26/h2-10,13,18-19,26H,11-12H2,1H3,(H,23,27)/t18-,19-/m1/s1. The van der Waals surface area contributed by atoms with Crippen LogP contribution in [0.3, 0.4) is 0 Å². The van der Waals surface area contributed by atoms with Crippen molar-refractivity contribution >= 4 is 17.3 Å². The van der Waals surface area contributed by atoms with Gasteiger partial charge in [-0.3, -0.25) is 9.97 Å². The summed E-state index contributed by atoms with van der Waals surface area (Å²) in [6.07, 6.45) is 5.41. The zero-order valence-electron chi connectivity index (χ0n) is 15.0. The molecule has 0 spiro atoms. The average Bonchev–Trinajstić information content (AvgIpc) is 3.23. The minimum Gasteiger partial charge on any atom is -0.395 e. The van der Waals surface area contributed by atoms with Crippen molar-refractivity contribution in [3.05, 3.63) is 78.1 Å². The van der Waals surface area contributed by atoms with Gasteiger partial charge >= 0.3 is 0 Å². The molecule has 0 aliphatic carbocycles. The Hall–Kier alpha value is -2.77. The molecule has 3 aromatic heterocycles. The molecule has 0 radical (unpaired) electrons. The third kappa shape index (κ3) is 3.20. The molecule has 0 saturated carbocycles. The van der Waals surface area contributed by atoms with Crippen molar-refractivity contribution in [3.63, 3.8) is 0 Å². The van der Waals surface area contributed by atoms with Gasteiger partial charge in [0.15, 0.2) is 5.11 Å². The molecule has 4 rings (SSSR count). The lowest BCUT2D eigenvalue weighted by atomic mass is 10.0. The summed E-state index contributed by atoms with van der Waals surface area (Å²) in [5.41, 5.74) is 4.11. The maximum atomic E-state index is 9.60. The first-order valence-corrected chi connectivity index (χ1v) is 9.29. The van der Waals surface area contributed by atoms with Crippen molar-refractivity contribution in [1.82, 2.24) is 24.8 Å². The van der Waals surface area contributed by atoms with E-state index in [9.17, 15) is 5.11 Å². The SMILES string of the molecule is Cc1ccc([C@@H]2[C@@H](c3ccccn3)NC(=S)N2CCO)n1-c1cccnc1. The molecule has 4 heterocycles. The summed E-state index contributed by atoms with van der Waals surface area (Å²) in [5.74, 6) is 0. The van der Waals surface area contributed by atoms with Crippen molar-refractivity contribution in [1.29, 1.82) is 0 Å². The zero-order chi connectivity index (χ0) is 18.8. The number of hydrogen-bond donors (Lipinski definition) is 2. The summed E-state index contributed by atoms with van der Waals surface area (Å²) in [5, 5.41) is 13.6. The Kier molecular flexibility index (Phi) is 4.87. The van der Waals surface area contributed by atoms with Crippen molar-refractivity contribution in [2.24, 2.45) is 0 Å². The molecule has 1 aliphatic heterocycles. The van der Waals surface area contributed by atoms with Crippen LogP contribution in [0.2, 0.25) is 0 Å². The van der Waals surface area contributed by atoms with Crippen LogP contribution >= 0.6 is 12.2 Å². The molecule has 1 saturated heterocycles. The van der Waals surface area contributed by atoms with E-state index in [1.165, 1.54) is 0 Å². The zero-order valence-corrected chi connectivity index (χ0v) is 15.8. The van der Waals surface area contributed by atoms with Crippen molar-refractivity contribution in [3.8, 4) is 5.69 Å². The first-order chi connectivity index (χ1) is 13.2. The number of hydrogen-bond acceptors (Lipinski definition) is 4. The molecule has 27 heavy (non-hydrogen) atoms. The van der Waals surface area contributed by atoms with Gasteiger partial charge in [0.05, 0.1) is 36.3 Å². The molecule has 3 aromatic rings. The minimum atomic E-state index is -0.102. The average molecular weight is 379 g/mol. The first-order valence-electron chi connectivity index (χ1n) is 8.88. The van der Waals surface area contributed by atoms with Gasteiger partial charge in [-0.05, 0) is 55.5 Å². The highest BCUT2D eigenvalue weighted by molar-refractivity contribution is 7.80. The van der Waals surface area contributed by atoms with Crippen molar-refractivity contribution in [2.45, 2.75) is 19.0 Å². The largest absolute Gasteiger partial charge is 0.395 e. The molecule has 2 N–H and O–H groups in total. The Labute approximate surface area is 163 Å². The van der Waals surface area contributed by atoms with Crippen LogP contribution in [0.5, 0.6) is 0 Å². The molecule has 7 heteroatoms. The number of rotatable bonds is 5. The molecule has 0 amide bonds. The maximum absolute atomic E-state index is 9.60. The van der Waals surface area contributed by atoms with Gasteiger partial charge in [-0.2, -0.15) is 0 Å². The number of aliphatic hydroxyl groups excluding tert-OH is 1. The van der Waals surface area contributed by atoms with Crippen LogP contribution in [0.4, 0.5) is 0 Å². The number of aromatic nitrogens is 3. The molecule has 6 nitrogen and oxygen atoms in total. The third-order valence-corrected chi connectivity index (χ3v) is 5.20. The first kappa shape index (κ1) is 17.6. The van der Waals surface area contributed by atoms with Gasteiger partial charge in [-0.1, -0.05) is 6.07 Å². The predicted molar refractivity (Wildman–Crippen MR) is 108 cm³/mol. The number of β-amino-alcohol motifs (C(OH)–C–C–N with tert-alkyl or cyclic N) is 1. The molecule has 1 aliphatic rings. The highest BCUT2D eigenvalue weighted by atomic mass is 32.1. The second-order valence-corrected chi connectivity index (χ2v) is 6.88. The lowest BCUT2D eigenvalue weighted by Crippen LogP contribution is -2.33. The summed E-state index contributed by atoms with van der Waals surface area (Å²) in [6, 6.07) is 13.9. The monoisotopic (exact) mass is 379 g/mol. The summed E-state index contributed by atoms with van der Waals surface area (Å²) in [4.78, 5) is 10.8. The van der Waals surface area contributed by atoms with Crippen molar-refractivity contribution < 1.29 is 5.11 Å². The van der Waals surface area contributed by atoms with E-state index in [1.54, 1.807) is 12.4 Å². The molecule has 138 valence electrons. The second-order valence-electron chi connectivity index (χ2n) is 6.49. The number of aryl methyl sites for hydroxylation is 1. The fourth-order valence-electron chi connectivity index (χ4n) is 3.70. The van der Waals surface area contributed by atoms with Gasteiger partial charge in [0, 0.05) is 30.3 Å². The van der Waals surface area contributed by atoms with Gasteiger partial charge in [0.25, 0.3) is 0 Å². The van der Waals surface area contributed by atoms with Gasteiger partial charge < -0.3 is 19.9 Å². The van der Waals surface area contributed by atoms with E-state index in [2.05, 4.69) is 38.9 Å². The highest BCUT2D eigenvalue weighted by Crippen LogP contribution is 2.39. The highest BCUT2D eigenvalue weighted by Gasteiger charge is 2.41. The van der Waals surface area contributed by atoms with Crippen LogP contribution in [0.15, 0.2) is 61.1 Å². The van der Waals surface area contributed by atoms with Gasteiger partial charge in [-0.15, -0.1) is 0 Å². The molecule has 2 atom stereocenters. The van der Waals surface area contributed by atoms with Crippen LogP contribution in [0, 0.1) is 6.92 Å². The number of nitrogens with one attached hydrogen (secondary N) is 1. The van der Waals surface area contributed by atoms with E-state index in [1.807, 2.05) is 41.4 Å². The Morgan fingerprint density at radius 2 is 2.04 bits per heavy atom. The molecule has 0 aromatic carbocycles. The van der Waals surface area contributed by atoms with Crippen LogP contribution in [-0.2, 0) is 0 Å². The minimum absolute atomic E-state index is 0.0276. The Morgan fingerprint density at radius 3 is 2.74 bits per heavy atom. The Bertz CT molecular complexity index is 928. The quantitative estimate of drug-likeness (QED) is 0.664. The van der Waals surface area contributed by atoms with Gasteiger partial charge in [-0.25, -0.2) is 0 Å². The third-order valence-electron chi connectivity index (χ3n) is 4.85. The van der Waals surface area contributed by atoms with Gasteiger partial charge in [0.2, 0.25) is 0 Å². The fraction of sp³-hybridized carbons (Fsp3) is 0.250. The summed E-state index contributed by atoms with van der Waals surface area (Å²) in [6.45, 7) is 2.56.